The quantitative estimate of drug-likeness (QED) is 0.727. The number of carbonyl (C=O) groups is 1. The van der Waals surface area contributed by atoms with Crippen molar-refractivity contribution in [1.82, 2.24) is 0 Å². The number of allylic oxidation sites excluding steroid dienone is 5. The highest BCUT2D eigenvalue weighted by molar-refractivity contribution is 6.03. The second-order valence-corrected chi connectivity index (χ2v) is 5.25. The molecule has 1 unspecified atom stereocenters. The Morgan fingerprint density at radius 3 is 2.95 bits per heavy atom. The number of ether oxygens (including phenoxy) is 2. The third kappa shape index (κ3) is 2.71. The van der Waals surface area contributed by atoms with Crippen LogP contribution >= 0.6 is 0 Å². The Labute approximate surface area is 114 Å². The van der Waals surface area contributed by atoms with Gasteiger partial charge < -0.3 is 9.47 Å². The van der Waals surface area contributed by atoms with Gasteiger partial charge in [0.2, 0.25) is 0 Å². The smallest absolute Gasteiger partial charge is 0.189 e. The zero-order chi connectivity index (χ0) is 13.9. The average molecular weight is 260 g/mol. The predicted molar refractivity (Wildman–Crippen MR) is 74.4 cm³/mol. The molecule has 1 atom stereocenters. The van der Waals surface area contributed by atoms with E-state index in [0.29, 0.717) is 30.8 Å². The fourth-order valence-electron chi connectivity index (χ4n) is 2.39. The van der Waals surface area contributed by atoms with Gasteiger partial charge in [-0.2, -0.15) is 0 Å². The maximum Gasteiger partial charge on any atom is 0.189 e. The molecule has 0 amide bonds. The van der Waals surface area contributed by atoms with Gasteiger partial charge in [-0.1, -0.05) is 23.8 Å². The lowest BCUT2D eigenvalue weighted by atomic mass is 9.71. The highest BCUT2D eigenvalue weighted by atomic mass is 16.7. The van der Waals surface area contributed by atoms with Crippen LogP contribution in [0.3, 0.4) is 0 Å². The molecule has 0 fully saturated rings. The second kappa shape index (κ2) is 5.57. The third-order valence-electron chi connectivity index (χ3n) is 3.50. The molecule has 2 aliphatic rings. The van der Waals surface area contributed by atoms with Crippen LogP contribution in [0.5, 0.6) is 0 Å². The summed E-state index contributed by atoms with van der Waals surface area (Å²) in [7, 11) is 0. The highest BCUT2D eigenvalue weighted by Crippen LogP contribution is 2.39. The maximum absolute atomic E-state index is 12.7. The van der Waals surface area contributed by atoms with Crippen LogP contribution in [0, 0.1) is 5.41 Å². The van der Waals surface area contributed by atoms with Gasteiger partial charge in [-0.25, -0.2) is 0 Å². The first-order valence-corrected chi connectivity index (χ1v) is 6.51. The van der Waals surface area contributed by atoms with E-state index in [4.69, 9.17) is 9.47 Å². The Kier molecular flexibility index (Phi) is 4.05. The van der Waals surface area contributed by atoms with E-state index in [1.807, 2.05) is 26.0 Å². The fourth-order valence-corrected chi connectivity index (χ4v) is 2.39. The van der Waals surface area contributed by atoms with Gasteiger partial charge in [-0.15, -0.1) is 6.58 Å². The average Bonchev–Trinajstić information content (AvgIpc) is 2.41. The minimum atomic E-state index is -0.526. The molecule has 3 nitrogen and oxygen atoms in total. The first-order valence-electron chi connectivity index (χ1n) is 6.51. The summed E-state index contributed by atoms with van der Waals surface area (Å²) in [6.07, 6.45) is 9.08. The van der Waals surface area contributed by atoms with Gasteiger partial charge >= 0.3 is 0 Å². The number of hydrogen-bond donors (Lipinski definition) is 0. The number of Topliss-reactive ketones (excluding diaryl/α,β-unsaturated/α-hetero) is 1. The summed E-state index contributed by atoms with van der Waals surface area (Å²) >= 11 is 0. The molecule has 0 aromatic rings. The zero-order valence-electron chi connectivity index (χ0n) is 11.6. The van der Waals surface area contributed by atoms with Crippen LogP contribution in [0.1, 0.15) is 26.7 Å². The van der Waals surface area contributed by atoms with Gasteiger partial charge in [0, 0.05) is 0 Å². The maximum atomic E-state index is 12.7. The van der Waals surface area contributed by atoms with Gasteiger partial charge in [0.25, 0.3) is 0 Å². The molecule has 0 aromatic carbocycles. The lowest BCUT2D eigenvalue weighted by Gasteiger charge is -2.33. The van der Waals surface area contributed by atoms with E-state index >= 15 is 0 Å². The van der Waals surface area contributed by atoms with Gasteiger partial charge in [0.15, 0.2) is 12.6 Å². The fraction of sp³-hybridized carbons (Fsp3) is 0.438. The number of hydrogen-bond acceptors (Lipinski definition) is 3. The molecule has 2 rings (SSSR count). The third-order valence-corrected chi connectivity index (χ3v) is 3.50. The SMILES string of the molecule is C=CCC1(CC=C(C)C)C=CC2=C(COCO2)C1=O. The normalized spacial score (nSPS) is 25.7. The molecular weight excluding hydrogens is 240 g/mol. The largest absolute Gasteiger partial charge is 0.467 e. The van der Waals surface area contributed by atoms with E-state index in [0.717, 1.165) is 0 Å². The first kappa shape index (κ1) is 13.8. The van der Waals surface area contributed by atoms with E-state index in [-0.39, 0.29) is 12.6 Å². The Balaban J connectivity index is 2.33. The molecule has 0 radical (unpaired) electrons. The summed E-state index contributed by atoms with van der Waals surface area (Å²) in [6.45, 7) is 8.42. The molecule has 102 valence electrons. The molecule has 0 aromatic heterocycles. The molecule has 1 aliphatic carbocycles. The van der Waals surface area contributed by atoms with Crippen molar-refractivity contribution >= 4 is 5.78 Å². The molecule has 0 saturated carbocycles. The Hall–Kier alpha value is -1.61. The minimum absolute atomic E-state index is 0.0992. The molecule has 3 heteroatoms. The van der Waals surface area contributed by atoms with Crippen LogP contribution in [-0.2, 0) is 14.3 Å². The van der Waals surface area contributed by atoms with E-state index in [9.17, 15) is 4.79 Å². The Bertz CT molecular complexity index is 478. The number of ketones is 1. The van der Waals surface area contributed by atoms with E-state index in [2.05, 4.69) is 12.7 Å². The summed E-state index contributed by atoms with van der Waals surface area (Å²) in [6, 6.07) is 0. The topological polar surface area (TPSA) is 35.5 Å². The predicted octanol–water partition coefficient (Wildman–Crippen LogP) is 3.30. The summed E-state index contributed by atoms with van der Waals surface area (Å²) in [5.41, 5.74) is 1.33. The lowest BCUT2D eigenvalue weighted by Crippen LogP contribution is -2.36. The van der Waals surface area contributed by atoms with Crippen molar-refractivity contribution in [2.24, 2.45) is 5.41 Å². The molecule has 0 spiro atoms. The van der Waals surface area contributed by atoms with Crippen LogP contribution in [0.4, 0.5) is 0 Å². The molecule has 1 heterocycles. The summed E-state index contributed by atoms with van der Waals surface area (Å²) < 4.78 is 10.6. The highest BCUT2D eigenvalue weighted by Gasteiger charge is 2.40. The van der Waals surface area contributed by atoms with Gasteiger partial charge in [0.05, 0.1) is 17.6 Å². The standard InChI is InChI=1S/C16H20O3/c1-4-7-16(8-5-12(2)3)9-6-14-13(15(16)17)10-18-11-19-14/h4-6,9H,1,7-8,10-11H2,2-3H3. The van der Waals surface area contributed by atoms with Crippen molar-refractivity contribution in [2.75, 3.05) is 13.4 Å². The molecule has 1 aliphatic heterocycles. The summed E-state index contributed by atoms with van der Waals surface area (Å²) in [5, 5.41) is 0. The van der Waals surface area contributed by atoms with Crippen LogP contribution in [0.15, 0.2) is 47.8 Å². The van der Waals surface area contributed by atoms with Crippen molar-refractivity contribution in [3.63, 3.8) is 0 Å². The molecule has 0 N–H and O–H groups in total. The van der Waals surface area contributed by atoms with Crippen LogP contribution in [-0.4, -0.2) is 19.2 Å². The van der Waals surface area contributed by atoms with Crippen molar-refractivity contribution < 1.29 is 14.3 Å². The van der Waals surface area contributed by atoms with Gasteiger partial charge in [-0.05, 0) is 32.8 Å². The van der Waals surface area contributed by atoms with Crippen molar-refractivity contribution in [1.29, 1.82) is 0 Å². The molecule has 0 saturated heterocycles. The second-order valence-electron chi connectivity index (χ2n) is 5.25. The van der Waals surface area contributed by atoms with Crippen molar-refractivity contribution in [3.8, 4) is 0 Å². The van der Waals surface area contributed by atoms with Crippen LogP contribution in [0.25, 0.3) is 0 Å². The van der Waals surface area contributed by atoms with Gasteiger partial charge in [-0.3, -0.25) is 4.79 Å². The molecular formula is C16H20O3. The van der Waals surface area contributed by atoms with E-state index < -0.39 is 5.41 Å². The number of rotatable bonds is 4. The number of carbonyl (C=O) groups excluding carboxylic acids is 1. The summed E-state index contributed by atoms with van der Waals surface area (Å²) in [4.78, 5) is 12.7. The first-order chi connectivity index (χ1) is 9.09. The molecule has 19 heavy (non-hydrogen) atoms. The van der Waals surface area contributed by atoms with Crippen LogP contribution < -0.4 is 0 Å². The monoisotopic (exact) mass is 260 g/mol. The zero-order valence-corrected chi connectivity index (χ0v) is 11.6. The molecule has 0 bridgehead atoms. The Morgan fingerprint density at radius 1 is 1.47 bits per heavy atom. The van der Waals surface area contributed by atoms with Crippen LogP contribution in [0.2, 0.25) is 0 Å². The van der Waals surface area contributed by atoms with Crippen molar-refractivity contribution in [3.05, 3.63) is 47.8 Å². The van der Waals surface area contributed by atoms with E-state index in [1.54, 1.807) is 6.08 Å². The van der Waals surface area contributed by atoms with Crippen molar-refractivity contribution in [2.45, 2.75) is 26.7 Å². The summed E-state index contributed by atoms with van der Waals surface area (Å²) in [5.74, 6) is 0.759. The van der Waals surface area contributed by atoms with E-state index in [1.165, 1.54) is 5.57 Å². The lowest BCUT2D eigenvalue weighted by molar-refractivity contribution is -0.125. The minimum Gasteiger partial charge on any atom is -0.467 e. The Morgan fingerprint density at radius 2 is 2.26 bits per heavy atom. The van der Waals surface area contributed by atoms with Gasteiger partial charge in [0.1, 0.15) is 5.76 Å².